The normalized spacial score (nSPS) is 30.7. The van der Waals surface area contributed by atoms with Gasteiger partial charge in [0.25, 0.3) is 0 Å². The van der Waals surface area contributed by atoms with Gasteiger partial charge in [0, 0.05) is 24.0 Å². The van der Waals surface area contributed by atoms with Gasteiger partial charge in [0.1, 0.15) is 0 Å². The smallest absolute Gasteiger partial charge is 0.0539 e. The van der Waals surface area contributed by atoms with Gasteiger partial charge in [-0.2, -0.15) is 0 Å². The summed E-state index contributed by atoms with van der Waals surface area (Å²) in [5.74, 6) is 0.503. The maximum absolute atomic E-state index is 8.31. The molecule has 4 nitrogen and oxygen atoms in total. The highest BCUT2D eigenvalue weighted by Gasteiger charge is 2.29. The number of rotatable bonds is 2. The Hall–Kier alpha value is -0.730. The first-order chi connectivity index (χ1) is 5.65. The second kappa shape index (κ2) is 3.78. The van der Waals surface area contributed by atoms with Gasteiger partial charge in [-0.15, -0.1) is 0 Å². The average Bonchev–Trinajstić information content (AvgIpc) is 2.34. The molecular weight excluding hydrogens is 152 g/mol. The van der Waals surface area contributed by atoms with E-state index < -0.39 is 0 Å². The summed E-state index contributed by atoms with van der Waals surface area (Å²) in [6.07, 6.45) is 0. The van der Waals surface area contributed by atoms with Gasteiger partial charge in [0.2, 0.25) is 0 Å². The van der Waals surface area contributed by atoms with E-state index in [0.717, 1.165) is 13.1 Å². The van der Waals surface area contributed by atoms with E-state index in [1.807, 2.05) is 0 Å². The van der Waals surface area contributed by atoms with Gasteiger partial charge in [-0.3, -0.25) is 0 Å². The van der Waals surface area contributed by atoms with E-state index in [1.54, 1.807) is 0 Å². The third kappa shape index (κ3) is 1.90. The van der Waals surface area contributed by atoms with Crippen LogP contribution in [0.4, 0.5) is 0 Å². The van der Waals surface area contributed by atoms with Crippen LogP contribution in [0.1, 0.15) is 20.8 Å². The number of nitrogens with zero attached hydrogens (tertiary/aromatic N) is 4. The van der Waals surface area contributed by atoms with Crippen LogP contribution in [0.25, 0.3) is 10.4 Å². The quantitative estimate of drug-likeness (QED) is 0.353. The second-order valence-electron chi connectivity index (χ2n) is 3.80. The van der Waals surface area contributed by atoms with E-state index in [2.05, 4.69) is 35.7 Å². The summed E-state index contributed by atoms with van der Waals surface area (Å²) >= 11 is 0. The first-order valence-electron chi connectivity index (χ1n) is 4.43. The minimum atomic E-state index is 0.178. The van der Waals surface area contributed by atoms with Crippen molar-refractivity contribution < 1.29 is 0 Å². The zero-order chi connectivity index (χ0) is 9.14. The lowest BCUT2D eigenvalue weighted by molar-refractivity contribution is 0.266. The summed E-state index contributed by atoms with van der Waals surface area (Å²) < 4.78 is 0. The molecule has 0 unspecified atom stereocenters. The van der Waals surface area contributed by atoms with E-state index in [9.17, 15) is 0 Å². The van der Waals surface area contributed by atoms with Crippen LogP contribution in [0.5, 0.6) is 0 Å². The number of hydrogen-bond donors (Lipinski definition) is 0. The van der Waals surface area contributed by atoms with E-state index >= 15 is 0 Å². The third-order valence-corrected chi connectivity index (χ3v) is 2.53. The van der Waals surface area contributed by atoms with Crippen LogP contribution < -0.4 is 0 Å². The van der Waals surface area contributed by atoms with Crippen LogP contribution in [0, 0.1) is 5.92 Å². The SMILES string of the molecule is CC(C)N1C[C@@H](C)[C@@H](N=[N+]=[N-])C1. The maximum atomic E-state index is 8.31. The highest BCUT2D eigenvalue weighted by atomic mass is 15.2. The average molecular weight is 168 g/mol. The molecule has 0 aliphatic carbocycles. The van der Waals surface area contributed by atoms with Gasteiger partial charge in [-0.05, 0) is 25.3 Å². The Morgan fingerprint density at radius 3 is 2.58 bits per heavy atom. The Bertz CT molecular complexity index is 195. The summed E-state index contributed by atoms with van der Waals surface area (Å²) in [4.78, 5) is 5.21. The van der Waals surface area contributed by atoms with Crippen LogP contribution in [0.2, 0.25) is 0 Å². The lowest BCUT2D eigenvalue weighted by Crippen LogP contribution is -2.28. The van der Waals surface area contributed by atoms with Crippen molar-refractivity contribution in [3.8, 4) is 0 Å². The number of hydrogen-bond acceptors (Lipinski definition) is 2. The van der Waals surface area contributed by atoms with Crippen molar-refractivity contribution in [2.75, 3.05) is 13.1 Å². The Labute approximate surface area is 73.2 Å². The molecule has 1 aliphatic rings. The van der Waals surface area contributed by atoms with Crippen LogP contribution in [0.3, 0.4) is 0 Å². The summed E-state index contributed by atoms with van der Waals surface area (Å²) in [7, 11) is 0. The zero-order valence-corrected chi connectivity index (χ0v) is 7.94. The number of azide groups is 1. The molecule has 0 spiro atoms. The molecule has 1 aliphatic heterocycles. The van der Waals surface area contributed by atoms with Crippen molar-refractivity contribution >= 4 is 0 Å². The second-order valence-corrected chi connectivity index (χ2v) is 3.80. The third-order valence-electron chi connectivity index (χ3n) is 2.53. The van der Waals surface area contributed by atoms with Crippen LogP contribution in [-0.4, -0.2) is 30.1 Å². The topological polar surface area (TPSA) is 52.0 Å². The molecule has 68 valence electrons. The zero-order valence-electron chi connectivity index (χ0n) is 7.94. The van der Waals surface area contributed by atoms with Crippen molar-refractivity contribution in [1.82, 2.24) is 4.90 Å². The molecule has 1 saturated heterocycles. The van der Waals surface area contributed by atoms with E-state index in [-0.39, 0.29) is 6.04 Å². The highest BCUT2D eigenvalue weighted by molar-refractivity contribution is 4.88. The summed E-state index contributed by atoms with van der Waals surface area (Å²) in [5.41, 5.74) is 8.31. The van der Waals surface area contributed by atoms with Crippen molar-refractivity contribution in [3.63, 3.8) is 0 Å². The fraction of sp³-hybridized carbons (Fsp3) is 1.00. The molecule has 0 amide bonds. The van der Waals surface area contributed by atoms with Gasteiger partial charge in [-0.25, -0.2) is 0 Å². The number of likely N-dealkylation sites (tertiary alicyclic amines) is 1. The van der Waals surface area contributed by atoms with E-state index in [4.69, 9.17) is 5.53 Å². The Balaban J connectivity index is 2.55. The summed E-state index contributed by atoms with van der Waals surface area (Å²) in [5, 5.41) is 3.78. The largest absolute Gasteiger partial charge is 0.300 e. The summed E-state index contributed by atoms with van der Waals surface area (Å²) in [6, 6.07) is 0.740. The lowest BCUT2D eigenvalue weighted by Gasteiger charge is -2.19. The molecule has 0 bridgehead atoms. The molecule has 1 heterocycles. The van der Waals surface area contributed by atoms with Gasteiger partial charge < -0.3 is 4.90 Å². The molecule has 1 fully saturated rings. The Morgan fingerprint density at radius 2 is 2.17 bits per heavy atom. The molecule has 0 saturated carbocycles. The molecular formula is C8H16N4. The predicted molar refractivity (Wildman–Crippen MR) is 48.8 cm³/mol. The first kappa shape index (κ1) is 9.36. The molecule has 0 aromatic heterocycles. The maximum Gasteiger partial charge on any atom is 0.0539 e. The van der Waals surface area contributed by atoms with Crippen LogP contribution >= 0.6 is 0 Å². The van der Waals surface area contributed by atoms with Crippen molar-refractivity contribution in [3.05, 3.63) is 10.4 Å². The van der Waals surface area contributed by atoms with Gasteiger partial charge >= 0.3 is 0 Å². The van der Waals surface area contributed by atoms with Crippen molar-refractivity contribution in [2.45, 2.75) is 32.9 Å². The van der Waals surface area contributed by atoms with E-state index in [1.165, 1.54) is 0 Å². The highest BCUT2D eigenvalue weighted by Crippen LogP contribution is 2.21. The molecule has 12 heavy (non-hydrogen) atoms. The molecule has 1 rings (SSSR count). The van der Waals surface area contributed by atoms with Gasteiger partial charge in [-0.1, -0.05) is 12.0 Å². The summed E-state index contributed by atoms with van der Waals surface area (Å²) in [6.45, 7) is 8.46. The monoisotopic (exact) mass is 168 g/mol. The molecule has 0 radical (unpaired) electrons. The Morgan fingerprint density at radius 1 is 1.50 bits per heavy atom. The van der Waals surface area contributed by atoms with E-state index in [0.29, 0.717) is 12.0 Å². The van der Waals surface area contributed by atoms with Crippen molar-refractivity contribution in [1.29, 1.82) is 0 Å². The van der Waals surface area contributed by atoms with Crippen molar-refractivity contribution in [2.24, 2.45) is 11.0 Å². The molecule has 0 aromatic rings. The predicted octanol–water partition coefficient (Wildman–Crippen LogP) is 2.03. The van der Waals surface area contributed by atoms with Gasteiger partial charge in [0.05, 0.1) is 6.04 Å². The first-order valence-corrected chi connectivity index (χ1v) is 4.43. The Kier molecular flexibility index (Phi) is 2.95. The minimum absolute atomic E-state index is 0.178. The fourth-order valence-corrected chi connectivity index (χ4v) is 1.62. The minimum Gasteiger partial charge on any atom is -0.300 e. The molecule has 4 heteroatoms. The lowest BCUT2D eigenvalue weighted by atomic mass is 10.1. The molecule has 0 N–H and O–H groups in total. The fourth-order valence-electron chi connectivity index (χ4n) is 1.62. The van der Waals surface area contributed by atoms with Crippen LogP contribution in [0.15, 0.2) is 5.11 Å². The molecule has 2 atom stereocenters. The van der Waals surface area contributed by atoms with Gasteiger partial charge in [0.15, 0.2) is 0 Å². The standard InChI is InChI=1S/C8H16N4/c1-6(2)12-4-7(3)8(5-12)10-11-9/h6-8H,4-5H2,1-3H3/t7-,8+/m1/s1. The molecule has 0 aromatic carbocycles. The van der Waals surface area contributed by atoms with Crippen LogP contribution in [-0.2, 0) is 0 Å².